The van der Waals surface area contributed by atoms with Crippen molar-refractivity contribution in [1.29, 1.82) is 0 Å². The van der Waals surface area contributed by atoms with Crippen LogP contribution in [0.5, 0.6) is 0 Å². The van der Waals surface area contributed by atoms with Crippen molar-refractivity contribution < 1.29 is 19.2 Å². The van der Waals surface area contributed by atoms with Crippen molar-refractivity contribution >= 4 is 12.3 Å². The first-order chi connectivity index (χ1) is 5.66. The average molecular weight is 174 g/mol. The molecule has 0 aromatic heterocycles. The first-order valence-electron chi connectivity index (χ1n) is 3.22. The van der Waals surface area contributed by atoms with Crippen LogP contribution < -0.4 is 0 Å². The predicted octanol–water partition coefficient (Wildman–Crippen LogP) is 1.44. The van der Waals surface area contributed by atoms with E-state index in [0.717, 1.165) is 0 Å². The van der Waals surface area contributed by atoms with Crippen LogP contribution in [0, 0.1) is 0 Å². The Kier molecular flexibility index (Phi) is 205. The molecule has 0 heterocycles. The molecule has 0 aliphatic carbocycles. The lowest BCUT2D eigenvalue weighted by Crippen LogP contribution is -1.27. The summed E-state index contributed by atoms with van der Waals surface area (Å²) in [5.41, 5.74) is 0. The van der Waals surface area contributed by atoms with Crippen LogP contribution in [0.4, 0.5) is 0 Å². The quantitative estimate of drug-likeness (QED) is 0.521. The zero-order valence-electron chi connectivity index (χ0n) is 7.62. The monoisotopic (exact) mass is 174 g/mol. The van der Waals surface area contributed by atoms with Gasteiger partial charge in [0.1, 0.15) is 0 Å². The normalized spacial score (nSPS) is 3.92. The molecular formula is C8H14O4. The van der Waals surface area contributed by atoms with Crippen LogP contribution in [0.15, 0.2) is 12.7 Å². The van der Waals surface area contributed by atoms with E-state index >= 15 is 0 Å². The molecule has 0 aromatic carbocycles. The third-order valence-electron chi connectivity index (χ3n) is 0. The summed E-state index contributed by atoms with van der Waals surface area (Å²) in [6.07, 6.45) is 3.50. The molecule has 0 fully saturated rings. The van der Waals surface area contributed by atoms with Gasteiger partial charge in [-0.25, -0.2) is 0 Å². The lowest BCUT2D eigenvalue weighted by molar-refractivity contribution is -0.193. The Balaban J connectivity index is -0.0000000356. The minimum absolute atomic E-state index is 0.250. The van der Waals surface area contributed by atoms with Gasteiger partial charge in [0.05, 0.1) is 0 Å². The fourth-order valence-corrected chi connectivity index (χ4v) is 0. The molecule has 4 heteroatoms. The van der Waals surface area contributed by atoms with Crippen LogP contribution in [0.1, 0.15) is 27.2 Å². The van der Waals surface area contributed by atoms with Gasteiger partial charge in [0.25, 0.3) is 0 Å². The maximum absolute atomic E-state index is 8.12. The third kappa shape index (κ3) is 212. The Morgan fingerprint density at radius 2 is 1.08 bits per heavy atom. The molecule has 0 aromatic rings. The SMILES string of the molecule is C=CC.CCC.O=C=O.O=C=O. The van der Waals surface area contributed by atoms with Crippen molar-refractivity contribution in [3.63, 3.8) is 0 Å². The van der Waals surface area contributed by atoms with E-state index in [2.05, 4.69) is 20.4 Å². The minimum Gasteiger partial charge on any atom is -0.186 e. The van der Waals surface area contributed by atoms with Gasteiger partial charge in [-0.2, -0.15) is 19.2 Å². The summed E-state index contributed by atoms with van der Waals surface area (Å²) in [4.78, 5) is 32.5. The summed E-state index contributed by atoms with van der Waals surface area (Å²) in [6, 6.07) is 0. The van der Waals surface area contributed by atoms with Gasteiger partial charge in [-0.3, -0.25) is 0 Å². The van der Waals surface area contributed by atoms with Crippen molar-refractivity contribution in [3.05, 3.63) is 12.7 Å². The maximum atomic E-state index is 8.12. The van der Waals surface area contributed by atoms with Gasteiger partial charge in [-0.05, 0) is 6.92 Å². The molecule has 0 rings (SSSR count). The fraction of sp³-hybridized carbons (Fsp3) is 0.500. The van der Waals surface area contributed by atoms with Crippen LogP contribution in [0.25, 0.3) is 0 Å². The highest BCUT2D eigenvalue weighted by molar-refractivity contribution is 5.20. The molecule has 0 unspecified atom stereocenters. The molecule has 0 bridgehead atoms. The molecule has 70 valence electrons. The van der Waals surface area contributed by atoms with Crippen molar-refractivity contribution in [2.45, 2.75) is 27.2 Å². The Labute approximate surface area is 72.3 Å². The second kappa shape index (κ2) is 110. The first kappa shape index (κ1) is 22.4. The van der Waals surface area contributed by atoms with E-state index in [9.17, 15) is 0 Å². The molecule has 4 nitrogen and oxygen atoms in total. The molecule has 0 radical (unpaired) electrons. The molecule has 0 amide bonds. The topological polar surface area (TPSA) is 68.3 Å². The highest BCUT2D eigenvalue weighted by Gasteiger charge is 1.35. The molecule has 0 aliphatic rings. The zero-order chi connectivity index (χ0) is 10.8. The smallest absolute Gasteiger partial charge is 0.186 e. The summed E-state index contributed by atoms with van der Waals surface area (Å²) >= 11 is 0. The van der Waals surface area contributed by atoms with Crippen LogP contribution in [0.3, 0.4) is 0 Å². The van der Waals surface area contributed by atoms with Crippen LogP contribution in [-0.2, 0) is 19.2 Å². The molecule has 0 saturated heterocycles. The van der Waals surface area contributed by atoms with E-state index < -0.39 is 0 Å². The number of hydrogen-bond donors (Lipinski definition) is 0. The Hall–Kier alpha value is -1.50. The van der Waals surface area contributed by atoms with E-state index in [0.29, 0.717) is 0 Å². The number of allylic oxidation sites excluding steroid dienone is 1. The number of hydrogen-bond acceptors (Lipinski definition) is 4. The molecule has 0 saturated carbocycles. The Morgan fingerprint density at radius 3 is 1.08 bits per heavy atom. The van der Waals surface area contributed by atoms with E-state index in [-0.39, 0.29) is 12.3 Å². The summed E-state index contributed by atoms with van der Waals surface area (Å²) in [5.74, 6) is 0. The summed E-state index contributed by atoms with van der Waals surface area (Å²) in [5, 5.41) is 0. The van der Waals surface area contributed by atoms with Gasteiger partial charge >= 0.3 is 12.3 Å². The number of rotatable bonds is 0. The summed E-state index contributed by atoms with van der Waals surface area (Å²) < 4.78 is 0. The maximum Gasteiger partial charge on any atom is 0.373 e. The second-order valence-electron chi connectivity index (χ2n) is 1.28. The largest absolute Gasteiger partial charge is 0.373 e. The summed E-state index contributed by atoms with van der Waals surface area (Å²) in [7, 11) is 0. The lowest BCUT2D eigenvalue weighted by atomic mass is 10.6. The summed E-state index contributed by atoms with van der Waals surface area (Å²) in [6.45, 7) is 9.50. The minimum atomic E-state index is 0.250. The molecule has 0 aliphatic heterocycles. The van der Waals surface area contributed by atoms with Crippen LogP contribution in [-0.4, -0.2) is 12.3 Å². The van der Waals surface area contributed by atoms with E-state index in [1.807, 2.05) is 6.92 Å². The standard InChI is InChI=1S/C3H8.C3H6.2CO2/c2*1-3-2;2*2-1-3/h3H2,1-2H3;3H,1H2,2H3;;. The van der Waals surface area contributed by atoms with Crippen LogP contribution >= 0.6 is 0 Å². The highest BCUT2D eigenvalue weighted by atomic mass is 16.2. The number of carbonyl (C=O) groups excluding carboxylic acids is 4. The van der Waals surface area contributed by atoms with Gasteiger partial charge in [0, 0.05) is 0 Å². The van der Waals surface area contributed by atoms with Crippen LogP contribution in [0.2, 0.25) is 0 Å². The molecule has 12 heavy (non-hydrogen) atoms. The molecule has 0 N–H and O–H groups in total. The van der Waals surface area contributed by atoms with E-state index in [4.69, 9.17) is 19.2 Å². The van der Waals surface area contributed by atoms with E-state index in [1.165, 1.54) is 6.42 Å². The Morgan fingerprint density at radius 1 is 1.08 bits per heavy atom. The van der Waals surface area contributed by atoms with Gasteiger partial charge in [-0.1, -0.05) is 26.3 Å². The highest BCUT2D eigenvalue weighted by Crippen LogP contribution is 1.56. The second-order valence-corrected chi connectivity index (χ2v) is 1.28. The molecular weight excluding hydrogens is 160 g/mol. The third-order valence-corrected chi connectivity index (χ3v) is 0. The predicted molar refractivity (Wildman–Crippen MR) is 41.9 cm³/mol. The lowest BCUT2D eigenvalue weighted by Gasteiger charge is -1.48. The van der Waals surface area contributed by atoms with Crippen molar-refractivity contribution in [3.8, 4) is 0 Å². The van der Waals surface area contributed by atoms with Gasteiger partial charge < -0.3 is 0 Å². The fourth-order valence-electron chi connectivity index (χ4n) is 0. The van der Waals surface area contributed by atoms with Crippen molar-refractivity contribution in [2.24, 2.45) is 0 Å². The average Bonchev–Trinajstić information content (AvgIpc) is 1.92. The van der Waals surface area contributed by atoms with Crippen molar-refractivity contribution in [1.82, 2.24) is 0 Å². The molecule has 0 atom stereocenters. The Bertz CT molecular complexity index is 105. The van der Waals surface area contributed by atoms with E-state index in [1.54, 1.807) is 6.08 Å². The first-order valence-corrected chi connectivity index (χ1v) is 3.22. The molecule has 0 spiro atoms. The van der Waals surface area contributed by atoms with Gasteiger partial charge in [-0.15, -0.1) is 6.58 Å². The van der Waals surface area contributed by atoms with Crippen molar-refractivity contribution in [2.75, 3.05) is 0 Å². The van der Waals surface area contributed by atoms with Gasteiger partial charge in [0.15, 0.2) is 0 Å². The van der Waals surface area contributed by atoms with Gasteiger partial charge in [0.2, 0.25) is 0 Å². The zero-order valence-corrected chi connectivity index (χ0v) is 7.62.